The Labute approximate surface area is 148 Å². The van der Waals surface area contributed by atoms with E-state index in [1.165, 1.54) is 0 Å². The van der Waals surface area contributed by atoms with Crippen molar-refractivity contribution in [2.75, 3.05) is 4.90 Å². The number of pyridine rings is 2. The molecule has 2 heterocycles. The van der Waals surface area contributed by atoms with Gasteiger partial charge in [-0.3, -0.25) is 14.8 Å². The highest BCUT2D eigenvalue weighted by atomic mass is 16.2. The summed E-state index contributed by atoms with van der Waals surface area (Å²) in [7, 11) is 0. The van der Waals surface area contributed by atoms with Crippen LogP contribution in [0.4, 0.5) is 5.69 Å². The summed E-state index contributed by atoms with van der Waals surface area (Å²) in [5.74, 6) is -0.0267. The normalized spacial score (nSPS) is 10.5. The van der Waals surface area contributed by atoms with Crippen LogP contribution in [0.1, 0.15) is 32.6 Å². The third-order valence-corrected chi connectivity index (χ3v) is 4.27. The van der Waals surface area contributed by atoms with Crippen molar-refractivity contribution in [2.45, 2.75) is 27.3 Å². The molecule has 4 heteroatoms. The zero-order valence-corrected chi connectivity index (χ0v) is 14.7. The topological polar surface area (TPSA) is 46.1 Å². The number of aryl methyl sites for hydroxylation is 3. The minimum atomic E-state index is -0.0267. The number of carbonyl (C=O) groups is 1. The average molecular weight is 331 g/mol. The van der Waals surface area contributed by atoms with Crippen LogP contribution in [0, 0.1) is 20.8 Å². The molecule has 2 aromatic heterocycles. The van der Waals surface area contributed by atoms with Gasteiger partial charge in [0.1, 0.15) is 0 Å². The predicted molar refractivity (Wildman–Crippen MR) is 99.6 cm³/mol. The fourth-order valence-corrected chi connectivity index (χ4v) is 3.02. The number of hydrogen-bond acceptors (Lipinski definition) is 3. The molecule has 0 fully saturated rings. The van der Waals surface area contributed by atoms with E-state index in [4.69, 9.17) is 0 Å². The van der Waals surface area contributed by atoms with E-state index in [0.717, 1.165) is 27.9 Å². The molecule has 0 saturated heterocycles. The molecule has 0 radical (unpaired) electrons. The van der Waals surface area contributed by atoms with Gasteiger partial charge < -0.3 is 4.90 Å². The molecule has 0 bridgehead atoms. The van der Waals surface area contributed by atoms with Gasteiger partial charge in [-0.1, -0.05) is 24.3 Å². The molecule has 1 amide bonds. The number of para-hydroxylation sites is 1. The molecular formula is C21H21N3O. The summed E-state index contributed by atoms with van der Waals surface area (Å²) in [5, 5.41) is 0. The Morgan fingerprint density at radius 2 is 1.60 bits per heavy atom. The van der Waals surface area contributed by atoms with Crippen LogP contribution in [0.2, 0.25) is 0 Å². The van der Waals surface area contributed by atoms with Gasteiger partial charge in [-0.25, -0.2) is 0 Å². The van der Waals surface area contributed by atoms with Crippen molar-refractivity contribution in [2.24, 2.45) is 0 Å². The summed E-state index contributed by atoms with van der Waals surface area (Å²) in [6.07, 6.45) is 6.92. The second-order valence-corrected chi connectivity index (χ2v) is 6.18. The van der Waals surface area contributed by atoms with Gasteiger partial charge in [0, 0.05) is 30.4 Å². The van der Waals surface area contributed by atoms with Gasteiger partial charge in [0.05, 0.1) is 12.2 Å². The first kappa shape index (κ1) is 16.8. The van der Waals surface area contributed by atoms with Crippen molar-refractivity contribution >= 4 is 11.6 Å². The van der Waals surface area contributed by atoms with Crippen LogP contribution in [0.3, 0.4) is 0 Å². The molecule has 3 aromatic rings. The number of anilines is 1. The summed E-state index contributed by atoms with van der Waals surface area (Å²) >= 11 is 0. The van der Waals surface area contributed by atoms with Gasteiger partial charge in [-0.15, -0.1) is 0 Å². The van der Waals surface area contributed by atoms with E-state index in [1.807, 2.05) is 56.0 Å². The fourth-order valence-electron chi connectivity index (χ4n) is 3.02. The number of nitrogens with zero attached hydrogens (tertiary/aromatic N) is 3. The largest absolute Gasteiger partial charge is 0.303 e. The minimum absolute atomic E-state index is 0.0267. The van der Waals surface area contributed by atoms with Crippen molar-refractivity contribution in [3.63, 3.8) is 0 Å². The standard InChI is InChI=1S/C21H21N3O/c1-15-6-4-7-16(2)20(15)24(14-18-8-5-10-22-13-18)21(25)19-9-11-23-12-17(19)3/h4-13H,14H2,1-3H3. The van der Waals surface area contributed by atoms with Crippen molar-refractivity contribution < 1.29 is 4.79 Å². The third-order valence-electron chi connectivity index (χ3n) is 4.27. The molecule has 3 rings (SSSR count). The van der Waals surface area contributed by atoms with Gasteiger partial charge in [0.15, 0.2) is 0 Å². The maximum absolute atomic E-state index is 13.4. The number of carbonyl (C=O) groups excluding carboxylic acids is 1. The van der Waals surface area contributed by atoms with Gasteiger partial charge in [0.2, 0.25) is 0 Å². The average Bonchev–Trinajstić information content (AvgIpc) is 2.61. The van der Waals surface area contributed by atoms with Crippen molar-refractivity contribution in [3.05, 3.63) is 89.0 Å². The molecule has 0 spiro atoms. The van der Waals surface area contributed by atoms with Crippen molar-refractivity contribution in [1.82, 2.24) is 9.97 Å². The zero-order chi connectivity index (χ0) is 17.8. The summed E-state index contributed by atoms with van der Waals surface area (Å²) in [4.78, 5) is 23.5. The van der Waals surface area contributed by atoms with E-state index < -0.39 is 0 Å². The lowest BCUT2D eigenvalue weighted by Gasteiger charge is -2.27. The number of hydrogen-bond donors (Lipinski definition) is 0. The lowest BCUT2D eigenvalue weighted by atomic mass is 10.0. The third kappa shape index (κ3) is 3.58. The Kier molecular flexibility index (Phi) is 4.89. The highest BCUT2D eigenvalue weighted by Crippen LogP contribution is 2.28. The number of rotatable bonds is 4. The molecule has 25 heavy (non-hydrogen) atoms. The molecule has 0 atom stereocenters. The Hall–Kier alpha value is -3.01. The number of benzene rings is 1. The molecule has 0 aliphatic rings. The molecule has 1 aromatic carbocycles. The molecule has 4 nitrogen and oxygen atoms in total. The first-order chi connectivity index (χ1) is 12.1. The second-order valence-electron chi connectivity index (χ2n) is 6.18. The number of aromatic nitrogens is 2. The summed E-state index contributed by atoms with van der Waals surface area (Å²) < 4.78 is 0. The van der Waals surface area contributed by atoms with E-state index in [1.54, 1.807) is 30.9 Å². The summed E-state index contributed by atoms with van der Waals surface area (Å²) in [6, 6.07) is 11.7. The summed E-state index contributed by atoms with van der Waals surface area (Å²) in [5.41, 5.74) is 5.63. The van der Waals surface area contributed by atoms with Crippen LogP contribution in [0.15, 0.2) is 61.2 Å². The van der Waals surface area contributed by atoms with Gasteiger partial charge in [-0.2, -0.15) is 0 Å². The van der Waals surface area contributed by atoms with E-state index >= 15 is 0 Å². The van der Waals surface area contributed by atoms with E-state index in [-0.39, 0.29) is 5.91 Å². The first-order valence-electron chi connectivity index (χ1n) is 8.25. The quantitative estimate of drug-likeness (QED) is 0.718. The lowest BCUT2D eigenvalue weighted by Crippen LogP contribution is -2.32. The lowest BCUT2D eigenvalue weighted by molar-refractivity contribution is 0.0984. The van der Waals surface area contributed by atoms with Crippen LogP contribution in [0.5, 0.6) is 0 Å². The van der Waals surface area contributed by atoms with Crippen LogP contribution in [-0.2, 0) is 6.54 Å². The monoisotopic (exact) mass is 331 g/mol. The molecule has 126 valence electrons. The first-order valence-corrected chi connectivity index (χ1v) is 8.25. The minimum Gasteiger partial charge on any atom is -0.303 e. The summed E-state index contributed by atoms with van der Waals surface area (Å²) in [6.45, 7) is 6.45. The second kappa shape index (κ2) is 7.26. The Balaban J connectivity index is 2.09. The van der Waals surface area contributed by atoms with Crippen LogP contribution >= 0.6 is 0 Å². The van der Waals surface area contributed by atoms with E-state index in [0.29, 0.717) is 12.1 Å². The molecule has 0 saturated carbocycles. The fraction of sp³-hybridized carbons (Fsp3) is 0.190. The highest BCUT2D eigenvalue weighted by Gasteiger charge is 2.22. The Morgan fingerprint density at radius 1 is 0.880 bits per heavy atom. The Bertz CT molecular complexity index is 870. The van der Waals surface area contributed by atoms with Gasteiger partial charge >= 0.3 is 0 Å². The molecular weight excluding hydrogens is 310 g/mol. The molecule has 0 aliphatic carbocycles. The van der Waals surface area contributed by atoms with Crippen LogP contribution < -0.4 is 4.90 Å². The maximum Gasteiger partial charge on any atom is 0.258 e. The maximum atomic E-state index is 13.4. The Morgan fingerprint density at radius 3 is 2.24 bits per heavy atom. The zero-order valence-electron chi connectivity index (χ0n) is 14.7. The van der Waals surface area contributed by atoms with Crippen molar-refractivity contribution in [1.29, 1.82) is 0 Å². The van der Waals surface area contributed by atoms with Gasteiger partial charge in [-0.05, 0) is 55.2 Å². The van der Waals surface area contributed by atoms with E-state index in [9.17, 15) is 4.79 Å². The predicted octanol–water partition coefficient (Wildman–Crippen LogP) is 4.25. The van der Waals surface area contributed by atoms with Gasteiger partial charge in [0.25, 0.3) is 5.91 Å². The van der Waals surface area contributed by atoms with Crippen LogP contribution in [0.25, 0.3) is 0 Å². The highest BCUT2D eigenvalue weighted by molar-refractivity contribution is 6.07. The number of amides is 1. The molecule has 0 aliphatic heterocycles. The van der Waals surface area contributed by atoms with Crippen molar-refractivity contribution in [3.8, 4) is 0 Å². The van der Waals surface area contributed by atoms with E-state index in [2.05, 4.69) is 9.97 Å². The SMILES string of the molecule is Cc1cnccc1C(=O)N(Cc1cccnc1)c1c(C)cccc1C. The smallest absolute Gasteiger partial charge is 0.258 e. The molecule has 0 unspecified atom stereocenters. The molecule has 0 N–H and O–H groups in total. The van der Waals surface area contributed by atoms with Crippen LogP contribution in [-0.4, -0.2) is 15.9 Å².